The van der Waals surface area contributed by atoms with E-state index in [4.69, 9.17) is 26.8 Å². The van der Waals surface area contributed by atoms with Gasteiger partial charge in [0, 0.05) is 11.1 Å². The Morgan fingerprint density at radius 3 is 2.64 bits per heavy atom. The van der Waals surface area contributed by atoms with Gasteiger partial charge in [0.05, 0.1) is 7.11 Å². The van der Waals surface area contributed by atoms with Gasteiger partial charge in [0.1, 0.15) is 29.5 Å². The highest BCUT2D eigenvalue weighted by molar-refractivity contribution is 8.00. The number of β-lactam (4-membered cyclic amide) rings is 1. The molecular weight excluding hydrogens is 364 g/mol. The minimum absolute atomic E-state index is 0.00133. The summed E-state index contributed by atoms with van der Waals surface area (Å²) in [7, 11) is 1.59. The van der Waals surface area contributed by atoms with Gasteiger partial charge in [0.25, 0.3) is 0 Å². The number of nitrogens with two attached hydrogens (primary N) is 1. The average Bonchev–Trinajstić information content (AvgIpc) is 2.65. The molecule has 1 aromatic rings. The molecule has 2 heterocycles. The molecule has 25 heavy (non-hydrogen) atoms. The maximum absolute atomic E-state index is 12.6. The molecule has 0 unspecified atom stereocenters. The summed E-state index contributed by atoms with van der Waals surface area (Å²) < 4.78 is 10.5. The fourth-order valence-electron chi connectivity index (χ4n) is 2.85. The minimum Gasteiger partial charge on any atom is -0.497 e. The lowest BCUT2D eigenvalue weighted by Crippen LogP contribution is -2.69. The van der Waals surface area contributed by atoms with Crippen molar-refractivity contribution in [2.45, 2.75) is 30.2 Å². The highest BCUT2D eigenvalue weighted by Gasteiger charge is 2.53. The second kappa shape index (κ2) is 7.27. The van der Waals surface area contributed by atoms with Crippen molar-refractivity contribution < 1.29 is 19.1 Å². The number of amides is 1. The van der Waals surface area contributed by atoms with Crippen molar-refractivity contribution in [2.75, 3.05) is 13.0 Å². The van der Waals surface area contributed by atoms with Gasteiger partial charge in [0.15, 0.2) is 0 Å². The number of rotatable bonds is 5. The molecule has 2 aliphatic heterocycles. The van der Waals surface area contributed by atoms with E-state index in [0.717, 1.165) is 11.3 Å². The van der Waals surface area contributed by atoms with E-state index < -0.39 is 12.0 Å². The number of nitrogens with zero attached hydrogens (tertiary/aromatic N) is 1. The molecule has 2 aliphatic rings. The van der Waals surface area contributed by atoms with Crippen LogP contribution in [0.3, 0.4) is 0 Å². The number of carbonyl (C=O) groups is 2. The summed E-state index contributed by atoms with van der Waals surface area (Å²) in [6.45, 7) is 2.05. The van der Waals surface area contributed by atoms with E-state index in [9.17, 15) is 9.59 Å². The van der Waals surface area contributed by atoms with Gasteiger partial charge >= 0.3 is 5.97 Å². The Hall–Kier alpha value is -1.70. The summed E-state index contributed by atoms with van der Waals surface area (Å²) in [6, 6.07) is 6.62. The smallest absolute Gasteiger partial charge is 0.355 e. The predicted molar refractivity (Wildman–Crippen MR) is 96.2 cm³/mol. The molecule has 0 bridgehead atoms. The van der Waals surface area contributed by atoms with Crippen molar-refractivity contribution >= 4 is 35.2 Å². The van der Waals surface area contributed by atoms with Crippen LogP contribution in [-0.4, -0.2) is 46.4 Å². The molecule has 0 aromatic heterocycles. The van der Waals surface area contributed by atoms with E-state index in [2.05, 4.69) is 0 Å². The second-order valence-corrected chi connectivity index (χ2v) is 7.56. The van der Waals surface area contributed by atoms with Crippen molar-refractivity contribution in [3.05, 3.63) is 41.1 Å². The molecule has 1 saturated heterocycles. The lowest BCUT2D eigenvalue weighted by Gasteiger charge is -2.49. The number of halogens is 1. The molecule has 8 heteroatoms. The molecule has 1 aromatic carbocycles. The van der Waals surface area contributed by atoms with Crippen LogP contribution in [0.5, 0.6) is 5.75 Å². The third kappa shape index (κ3) is 3.23. The first kappa shape index (κ1) is 18.1. The van der Waals surface area contributed by atoms with Crippen molar-refractivity contribution in [3.63, 3.8) is 0 Å². The van der Waals surface area contributed by atoms with E-state index >= 15 is 0 Å². The first-order valence-corrected chi connectivity index (χ1v) is 9.28. The molecule has 2 N–H and O–H groups in total. The third-order valence-electron chi connectivity index (χ3n) is 4.33. The van der Waals surface area contributed by atoms with Crippen molar-refractivity contribution in [2.24, 2.45) is 5.73 Å². The van der Waals surface area contributed by atoms with Crippen LogP contribution in [0, 0.1) is 0 Å². The van der Waals surface area contributed by atoms with Gasteiger partial charge in [-0.05, 0) is 30.2 Å². The minimum atomic E-state index is -0.589. The zero-order chi connectivity index (χ0) is 18.1. The number of esters is 1. The van der Waals surface area contributed by atoms with Gasteiger partial charge in [-0.2, -0.15) is 0 Å². The molecule has 0 aliphatic carbocycles. The maximum Gasteiger partial charge on any atom is 0.355 e. The number of fused-ring (bicyclic) bond motifs is 1. The number of alkyl halides is 1. The molecule has 3 rings (SSSR count). The number of hydrogen-bond donors (Lipinski definition) is 1. The number of carbonyl (C=O) groups excluding carboxylic acids is 2. The average molecular weight is 383 g/mol. The van der Waals surface area contributed by atoms with Gasteiger partial charge in [0.2, 0.25) is 5.91 Å². The molecule has 134 valence electrons. The van der Waals surface area contributed by atoms with Crippen molar-refractivity contribution in [3.8, 4) is 5.75 Å². The molecule has 3 atom stereocenters. The number of hydrogen-bond acceptors (Lipinski definition) is 6. The Labute approximate surface area is 155 Å². The zero-order valence-electron chi connectivity index (χ0n) is 13.9. The summed E-state index contributed by atoms with van der Waals surface area (Å²) >= 11 is 7.56. The second-order valence-electron chi connectivity index (χ2n) is 5.83. The van der Waals surface area contributed by atoms with Gasteiger partial charge in [-0.25, -0.2) is 4.79 Å². The Balaban J connectivity index is 1.77. The number of methoxy groups -OCH3 is 1. The first-order valence-electron chi connectivity index (χ1n) is 7.81. The summed E-state index contributed by atoms with van der Waals surface area (Å²) in [5.41, 5.74) is 7.61. The summed E-state index contributed by atoms with van der Waals surface area (Å²) in [6.07, 6.45) is 0. The highest BCUT2D eigenvalue weighted by Crippen LogP contribution is 2.43. The van der Waals surface area contributed by atoms with Gasteiger partial charge in [-0.1, -0.05) is 12.1 Å². The van der Waals surface area contributed by atoms with Crippen molar-refractivity contribution in [1.82, 2.24) is 4.90 Å². The Bertz CT molecular complexity index is 722. The number of thioether (sulfide) groups is 1. The molecule has 0 radical (unpaired) electrons. The molecule has 0 spiro atoms. The summed E-state index contributed by atoms with van der Waals surface area (Å²) in [5.74, 6) is 0.0583. The number of benzene rings is 1. The van der Waals surface area contributed by atoms with Crippen molar-refractivity contribution in [1.29, 1.82) is 0 Å². The zero-order valence-corrected chi connectivity index (χ0v) is 15.5. The quantitative estimate of drug-likeness (QED) is 0.475. The van der Waals surface area contributed by atoms with E-state index in [1.165, 1.54) is 16.7 Å². The van der Waals surface area contributed by atoms with E-state index in [1.54, 1.807) is 19.2 Å². The van der Waals surface area contributed by atoms with Gasteiger partial charge < -0.3 is 15.2 Å². The Morgan fingerprint density at radius 1 is 1.36 bits per heavy atom. The van der Waals surface area contributed by atoms with E-state index in [-0.39, 0.29) is 34.7 Å². The topological polar surface area (TPSA) is 81.9 Å². The fraction of sp³-hybridized carbons (Fsp3) is 0.412. The maximum atomic E-state index is 12.6. The summed E-state index contributed by atoms with van der Waals surface area (Å²) in [5, 5.41) is -0.237. The van der Waals surface area contributed by atoms with E-state index in [1.807, 2.05) is 19.1 Å². The fourth-order valence-corrected chi connectivity index (χ4v) is 4.69. The lowest BCUT2D eigenvalue weighted by atomic mass is 10.0. The van der Waals surface area contributed by atoms with E-state index in [0.29, 0.717) is 5.57 Å². The first-order chi connectivity index (χ1) is 12.0. The lowest BCUT2D eigenvalue weighted by molar-refractivity contribution is -0.151. The molecule has 0 saturated carbocycles. The van der Waals surface area contributed by atoms with Gasteiger partial charge in [-0.3, -0.25) is 9.69 Å². The largest absolute Gasteiger partial charge is 0.497 e. The molecule has 6 nitrogen and oxygen atoms in total. The van der Waals surface area contributed by atoms with Crippen LogP contribution in [0.2, 0.25) is 0 Å². The Morgan fingerprint density at radius 2 is 2.04 bits per heavy atom. The molecule has 1 fully saturated rings. The normalized spacial score (nSPS) is 25.4. The summed E-state index contributed by atoms with van der Waals surface area (Å²) in [4.78, 5) is 26.2. The highest BCUT2D eigenvalue weighted by atomic mass is 35.5. The van der Waals surface area contributed by atoms with Crippen LogP contribution in [0.25, 0.3) is 0 Å². The molecular formula is C17H19ClN2O4S. The van der Waals surface area contributed by atoms with Crippen LogP contribution >= 0.6 is 23.4 Å². The molecule has 1 amide bonds. The third-order valence-corrected chi connectivity index (χ3v) is 6.09. The van der Waals surface area contributed by atoms with Gasteiger partial charge in [-0.15, -0.1) is 23.4 Å². The van der Waals surface area contributed by atoms with Crippen LogP contribution < -0.4 is 10.5 Å². The standard InChI is InChI=1S/C17H19ClN2O4S/c1-9-12(7-18)14(20-15(21)13(19)16(20)25-9)17(22)24-8-10-3-5-11(23-2)6-4-10/h3-6,9,13,16H,7-8,19H2,1-2H3/t9-,13+,16+/m0/s1. The monoisotopic (exact) mass is 382 g/mol. The van der Waals surface area contributed by atoms with Crippen LogP contribution in [0.15, 0.2) is 35.5 Å². The predicted octanol–water partition coefficient (Wildman–Crippen LogP) is 1.86. The SMILES string of the molecule is COc1ccc(COC(=O)C2=C(CCl)[C@H](C)S[C@@H]3[C@H](N)C(=O)N23)cc1. The van der Waals surface area contributed by atoms with Crippen LogP contribution in [0.4, 0.5) is 0 Å². The van der Waals surface area contributed by atoms with Crippen LogP contribution in [-0.2, 0) is 20.9 Å². The Kier molecular flexibility index (Phi) is 5.27. The van der Waals surface area contributed by atoms with Crippen LogP contribution in [0.1, 0.15) is 12.5 Å². The number of ether oxygens (including phenoxy) is 2.